The van der Waals surface area contributed by atoms with Crippen molar-refractivity contribution in [3.05, 3.63) is 23.8 Å². The molecule has 1 N–H and O–H groups in total. The molecule has 0 bridgehead atoms. The summed E-state index contributed by atoms with van der Waals surface area (Å²) < 4.78 is 5.21. The minimum atomic E-state index is -0.354. The van der Waals surface area contributed by atoms with Crippen molar-refractivity contribution in [2.24, 2.45) is 0 Å². The molecule has 0 saturated carbocycles. The van der Waals surface area contributed by atoms with Crippen LogP contribution in [0.15, 0.2) is 23.1 Å². The minimum absolute atomic E-state index is 0.354. The molecule has 1 atom stereocenters. The second-order valence-electron chi connectivity index (χ2n) is 3.03. The summed E-state index contributed by atoms with van der Waals surface area (Å²) in [7, 11) is 1.64. The van der Waals surface area contributed by atoms with Crippen molar-refractivity contribution in [3.63, 3.8) is 0 Å². The van der Waals surface area contributed by atoms with Gasteiger partial charge in [0.15, 0.2) is 0 Å². The predicted octanol–water partition coefficient (Wildman–Crippen LogP) is 2.22. The third-order valence-corrected chi connectivity index (χ3v) is 3.33. The number of ether oxygens (including phenoxy) is 1. The van der Waals surface area contributed by atoms with E-state index in [0.29, 0.717) is 0 Å². The van der Waals surface area contributed by atoms with Crippen molar-refractivity contribution < 1.29 is 9.84 Å². The molecule has 0 amide bonds. The Balaban J connectivity index is 2.50. The van der Waals surface area contributed by atoms with Gasteiger partial charge in [-0.3, -0.25) is 0 Å². The zero-order valence-electron chi connectivity index (χ0n) is 7.49. The predicted molar refractivity (Wildman–Crippen MR) is 53.3 cm³/mol. The number of hydrogen-bond donors (Lipinski definition) is 1. The van der Waals surface area contributed by atoms with Crippen LogP contribution in [0.1, 0.15) is 18.1 Å². The molecular weight excluding hydrogens is 184 g/mol. The fourth-order valence-corrected chi connectivity index (χ4v) is 2.71. The Morgan fingerprint density at radius 1 is 1.54 bits per heavy atom. The minimum Gasteiger partial charge on any atom is -0.496 e. The smallest absolute Gasteiger partial charge is 0.125 e. The summed E-state index contributed by atoms with van der Waals surface area (Å²) >= 11 is 1.78. The van der Waals surface area contributed by atoms with E-state index in [2.05, 4.69) is 0 Å². The average molecular weight is 196 g/mol. The standard InChI is InChI=1S/C10H12O2S/c1-12-8-3-2-4-9-10(8)7(11)5-6-13-9/h2-4,7,11H,5-6H2,1H3. The molecule has 2 rings (SSSR count). The number of benzene rings is 1. The Bertz CT molecular complexity index is 298. The van der Waals surface area contributed by atoms with E-state index in [9.17, 15) is 5.11 Å². The third kappa shape index (κ3) is 1.54. The van der Waals surface area contributed by atoms with Gasteiger partial charge in [0.25, 0.3) is 0 Å². The highest BCUT2D eigenvalue weighted by atomic mass is 32.2. The summed E-state index contributed by atoms with van der Waals surface area (Å²) in [6, 6.07) is 5.89. The van der Waals surface area contributed by atoms with Crippen LogP contribution < -0.4 is 4.74 Å². The van der Waals surface area contributed by atoms with Gasteiger partial charge in [0.1, 0.15) is 5.75 Å². The summed E-state index contributed by atoms with van der Waals surface area (Å²) in [5, 5.41) is 9.78. The van der Waals surface area contributed by atoms with Crippen molar-refractivity contribution in [2.75, 3.05) is 12.9 Å². The lowest BCUT2D eigenvalue weighted by Gasteiger charge is -2.22. The van der Waals surface area contributed by atoms with Crippen molar-refractivity contribution in [3.8, 4) is 5.75 Å². The molecule has 13 heavy (non-hydrogen) atoms. The molecule has 70 valence electrons. The Kier molecular flexibility index (Phi) is 2.47. The number of aliphatic hydroxyl groups excluding tert-OH is 1. The zero-order chi connectivity index (χ0) is 9.26. The molecule has 1 aromatic rings. The SMILES string of the molecule is COc1cccc2c1C(O)CCS2. The first-order valence-corrected chi connectivity index (χ1v) is 5.29. The molecule has 0 aliphatic carbocycles. The van der Waals surface area contributed by atoms with Crippen LogP contribution in [0.5, 0.6) is 5.75 Å². The highest BCUT2D eigenvalue weighted by molar-refractivity contribution is 7.99. The number of aliphatic hydroxyl groups is 1. The van der Waals surface area contributed by atoms with E-state index in [1.807, 2.05) is 18.2 Å². The lowest BCUT2D eigenvalue weighted by molar-refractivity contribution is 0.165. The maximum Gasteiger partial charge on any atom is 0.125 e. The van der Waals surface area contributed by atoms with E-state index in [0.717, 1.165) is 28.4 Å². The molecule has 1 aliphatic rings. The molecule has 1 unspecified atom stereocenters. The number of thioether (sulfide) groups is 1. The van der Waals surface area contributed by atoms with Crippen LogP contribution in [0.2, 0.25) is 0 Å². The molecule has 0 saturated heterocycles. The first kappa shape index (κ1) is 8.91. The van der Waals surface area contributed by atoms with Crippen LogP contribution in [0.4, 0.5) is 0 Å². The maximum absolute atomic E-state index is 9.78. The first-order valence-electron chi connectivity index (χ1n) is 4.30. The summed E-state index contributed by atoms with van der Waals surface area (Å²) in [5.41, 5.74) is 0.959. The monoisotopic (exact) mass is 196 g/mol. The van der Waals surface area contributed by atoms with Crippen LogP contribution in [0, 0.1) is 0 Å². The van der Waals surface area contributed by atoms with Crippen molar-refractivity contribution in [1.82, 2.24) is 0 Å². The molecule has 1 heterocycles. The van der Waals surface area contributed by atoms with E-state index in [-0.39, 0.29) is 6.10 Å². The van der Waals surface area contributed by atoms with E-state index in [1.165, 1.54) is 0 Å². The van der Waals surface area contributed by atoms with E-state index in [4.69, 9.17) is 4.74 Å². The Morgan fingerprint density at radius 2 is 2.38 bits per heavy atom. The highest BCUT2D eigenvalue weighted by Crippen LogP contribution is 2.40. The summed E-state index contributed by atoms with van der Waals surface area (Å²) in [6.07, 6.45) is 0.463. The molecular formula is C10H12O2S. The molecule has 0 radical (unpaired) electrons. The Morgan fingerprint density at radius 3 is 3.15 bits per heavy atom. The molecule has 3 heteroatoms. The second-order valence-corrected chi connectivity index (χ2v) is 4.16. The van der Waals surface area contributed by atoms with Gasteiger partial charge in [-0.2, -0.15) is 0 Å². The van der Waals surface area contributed by atoms with Crippen LogP contribution in [-0.4, -0.2) is 18.0 Å². The van der Waals surface area contributed by atoms with Gasteiger partial charge in [0, 0.05) is 16.2 Å². The van der Waals surface area contributed by atoms with Crippen molar-refractivity contribution in [2.45, 2.75) is 17.4 Å². The van der Waals surface area contributed by atoms with Gasteiger partial charge < -0.3 is 9.84 Å². The van der Waals surface area contributed by atoms with Crippen molar-refractivity contribution >= 4 is 11.8 Å². The van der Waals surface area contributed by atoms with Gasteiger partial charge in [-0.15, -0.1) is 11.8 Å². The number of rotatable bonds is 1. The quantitative estimate of drug-likeness (QED) is 0.747. The topological polar surface area (TPSA) is 29.5 Å². The maximum atomic E-state index is 9.78. The van der Waals surface area contributed by atoms with Crippen LogP contribution >= 0.6 is 11.8 Å². The largest absolute Gasteiger partial charge is 0.496 e. The third-order valence-electron chi connectivity index (χ3n) is 2.23. The van der Waals surface area contributed by atoms with Crippen LogP contribution in [0.3, 0.4) is 0 Å². The Labute approximate surface area is 81.9 Å². The number of methoxy groups -OCH3 is 1. The van der Waals surface area contributed by atoms with E-state index in [1.54, 1.807) is 18.9 Å². The van der Waals surface area contributed by atoms with Gasteiger partial charge in [-0.05, 0) is 18.6 Å². The summed E-state index contributed by atoms with van der Waals surface area (Å²) in [6.45, 7) is 0. The van der Waals surface area contributed by atoms with Crippen LogP contribution in [0.25, 0.3) is 0 Å². The molecule has 0 spiro atoms. The molecule has 1 aliphatic heterocycles. The molecule has 0 fully saturated rings. The van der Waals surface area contributed by atoms with Gasteiger partial charge in [0.2, 0.25) is 0 Å². The lowest BCUT2D eigenvalue weighted by atomic mass is 10.1. The lowest BCUT2D eigenvalue weighted by Crippen LogP contribution is -2.08. The summed E-state index contributed by atoms with van der Waals surface area (Å²) in [5.74, 6) is 1.79. The number of hydrogen-bond acceptors (Lipinski definition) is 3. The van der Waals surface area contributed by atoms with Gasteiger partial charge in [-0.25, -0.2) is 0 Å². The molecule has 2 nitrogen and oxygen atoms in total. The van der Waals surface area contributed by atoms with E-state index >= 15 is 0 Å². The Hall–Kier alpha value is -0.670. The summed E-state index contributed by atoms with van der Waals surface area (Å²) in [4.78, 5) is 1.15. The van der Waals surface area contributed by atoms with Crippen LogP contribution in [-0.2, 0) is 0 Å². The van der Waals surface area contributed by atoms with Gasteiger partial charge in [-0.1, -0.05) is 6.07 Å². The normalized spacial score (nSPS) is 20.9. The fraction of sp³-hybridized carbons (Fsp3) is 0.400. The van der Waals surface area contributed by atoms with Gasteiger partial charge >= 0.3 is 0 Å². The molecule has 0 aromatic heterocycles. The van der Waals surface area contributed by atoms with Crippen molar-refractivity contribution in [1.29, 1.82) is 0 Å². The number of fused-ring (bicyclic) bond motifs is 1. The zero-order valence-corrected chi connectivity index (χ0v) is 8.30. The highest BCUT2D eigenvalue weighted by Gasteiger charge is 2.21. The van der Waals surface area contributed by atoms with Gasteiger partial charge in [0.05, 0.1) is 13.2 Å². The molecule has 1 aromatic carbocycles. The first-order chi connectivity index (χ1) is 6.33. The second kappa shape index (κ2) is 3.60. The van der Waals surface area contributed by atoms with E-state index < -0.39 is 0 Å². The fourth-order valence-electron chi connectivity index (χ4n) is 1.58. The average Bonchev–Trinajstić information content (AvgIpc) is 2.17.